The molecule has 0 bridgehead atoms. The van der Waals surface area contributed by atoms with Gasteiger partial charge in [-0.3, -0.25) is 0 Å². The van der Waals surface area contributed by atoms with E-state index in [1.165, 1.54) is 0 Å². The van der Waals surface area contributed by atoms with Gasteiger partial charge in [0.1, 0.15) is 5.75 Å². The molecular formula is C9H14N2O3S. The van der Waals surface area contributed by atoms with Crippen LogP contribution in [0.5, 0.6) is 5.75 Å². The molecular weight excluding hydrogens is 216 g/mol. The molecule has 0 amide bonds. The molecule has 0 radical (unpaired) electrons. The summed E-state index contributed by atoms with van der Waals surface area (Å²) in [6.07, 6.45) is 0.575. The molecule has 1 aromatic rings. The maximum atomic E-state index is 10.5. The number of nitrogens with two attached hydrogens (primary N) is 1. The van der Waals surface area contributed by atoms with Crippen LogP contribution in [0, 0.1) is 0 Å². The van der Waals surface area contributed by atoms with E-state index in [-0.39, 0.29) is 6.54 Å². The molecule has 0 aliphatic rings. The van der Waals surface area contributed by atoms with Crippen molar-refractivity contribution in [1.82, 2.24) is 4.72 Å². The van der Waals surface area contributed by atoms with E-state index in [1.807, 2.05) is 30.3 Å². The van der Waals surface area contributed by atoms with Gasteiger partial charge in [-0.1, -0.05) is 18.2 Å². The summed E-state index contributed by atoms with van der Waals surface area (Å²) in [4.78, 5) is 0. The number of para-hydroxylation sites is 1. The third-order valence-corrected chi connectivity index (χ3v) is 2.24. The molecule has 0 aliphatic heterocycles. The van der Waals surface area contributed by atoms with Gasteiger partial charge in [0, 0.05) is 6.54 Å². The van der Waals surface area contributed by atoms with Crippen molar-refractivity contribution < 1.29 is 13.2 Å². The predicted molar refractivity (Wildman–Crippen MR) is 57.7 cm³/mol. The monoisotopic (exact) mass is 230 g/mol. The van der Waals surface area contributed by atoms with E-state index in [4.69, 9.17) is 9.88 Å². The highest BCUT2D eigenvalue weighted by Crippen LogP contribution is 2.07. The minimum Gasteiger partial charge on any atom is -0.494 e. The Hall–Kier alpha value is -1.11. The first kappa shape index (κ1) is 12.0. The van der Waals surface area contributed by atoms with Crippen molar-refractivity contribution >= 4 is 10.2 Å². The van der Waals surface area contributed by atoms with Gasteiger partial charge in [0.05, 0.1) is 6.61 Å². The number of hydrogen-bond acceptors (Lipinski definition) is 3. The number of ether oxygens (including phenoxy) is 1. The van der Waals surface area contributed by atoms with E-state index < -0.39 is 10.2 Å². The first-order chi connectivity index (χ1) is 7.08. The zero-order valence-corrected chi connectivity index (χ0v) is 9.03. The number of hydrogen-bond donors (Lipinski definition) is 2. The molecule has 0 saturated carbocycles. The second-order valence-electron chi connectivity index (χ2n) is 2.95. The van der Waals surface area contributed by atoms with Crippen LogP contribution >= 0.6 is 0 Å². The second-order valence-corrected chi connectivity index (χ2v) is 4.33. The van der Waals surface area contributed by atoms with Crippen molar-refractivity contribution in [2.45, 2.75) is 6.42 Å². The molecule has 0 unspecified atom stereocenters. The van der Waals surface area contributed by atoms with Gasteiger partial charge in [0.15, 0.2) is 0 Å². The Morgan fingerprint density at radius 1 is 1.27 bits per heavy atom. The van der Waals surface area contributed by atoms with Crippen molar-refractivity contribution in [3.05, 3.63) is 30.3 Å². The van der Waals surface area contributed by atoms with Crippen LogP contribution in [0.25, 0.3) is 0 Å². The summed E-state index contributed by atoms with van der Waals surface area (Å²) < 4.78 is 28.5. The second kappa shape index (κ2) is 5.69. The Balaban J connectivity index is 2.13. The van der Waals surface area contributed by atoms with Crippen LogP contribution < -0.4 is 14.6 Å². The minimum atomic E-state index is -3.57. The van der Waals surface area contributed by atoms with Crippen LogP contribution in [-0.4, -0.2) is 21.6 Å². The van der Waals surface area contributed by atoms with E-state index in [0.29, 0.717) is 13.0 Å². The predicted octanol–water partition coefficient (Wildman–Crippen LogP) is 0.249. The smallest absolute Gasteiger partial charge is 0.274 e. The highest BCUT2D eigenvalue weighted by atomic mass is 32.2. The van der Waals surface area contributed by atoms with Gasteiger partial charge in [-0.05, 0) is 18.6 Å². The first-order valence-electron chi connectivity index (χ1n) is 4.53. The normalized spacial score (nSPS) is 11.3. The summed E-state index contributed by atoms with van der Waals surface area (Å²) in [5, 5.41) is 4.75. The van der Waals surface area contributed by atoms with E-state index in [2.05, 4.69) is 4.72 Å². The SMILES string of the molecule is NS(=O)(=O)NCCCOc1ccccc1. The fourth-order valence-electron chi connectivity index (χ4n) is 0.993. The quantitative estimate of drug-likeness (QED) is 0.687. The number of rotatable bonds is 6. The summed E-state index contributed by atoms with van der Waals surface area (Å²) in [6.45, 7) is 0.734. The van der Waals surface area contributed by atoms with Gasteiger partial charge < -0.3 is 4.74 Å². The fraction of sp³-hybridized carbons (Fsp3) is 0.333. The summed E-state index contributed by atoms with van der Waals surface area (Å²) in [6, 6.07) is 9.32. The summed E-state index contributed by atoms with van der Waals surface area (Å²) >= 11 is 0. The van der Waals surface area contributed by atoms with E-state index >= 15 is 0 Å². The Morgan fingerprint density at radius 2 is 1.93 bits per heavy atom. The molecule has 6 heteroatoms. The fourth-order valence-corrected chi connectivity index (χ4v) is 1.42. The highest BCUT2D eigenvalue weighted by molar-refractivity contribution is 7.87. The third kappa shape index (κ3) is 6.05. The molecule has 0 saturated heterocycles. The molecule has 0 heterocycles. The molecule has 0 aromatic heterocycles. The molecule has 0 aliphatic carbocycles. The lowest BCUT2D eigenvalue weighted by Gasteiger charge is -2.05. The van der Waals surface area contributed by atoms with Crippen molar-refractivity contribution in [3.8, 4) is 5.75 Å². The lowest BCUT2D eigenvalue weighted by molar-refractivity contribution is 0.311. The van der Waals surface area contributed by atoms with Gasteiger partial charge >= 0.3 is 0 Å². The number of nitrogens with one attached hydrogen (secondary N) is 1. The van der Waals surface area contributed by atoms with Gasteiger partial charge in [0.25, 0.3) is 10.2 Å². The Morgan fingerprint density at radius 3 is 2.53 bits per heavy atom. The van der Waals surface area contributed by atoms with E-state index in [9.17, 15) is 8.42 Å². The summed E-state index contributed by atoms with van der Waals surface area (Å²) in [7, 11) is -3.57. The zero-order chi connectivity index (χ0) is 11.1. The molecule has 84 valence electrons. The molecule has 15 heavy (non-hydrogen) atoms. The average Bonchev–Trinajstić information content (AvgIpc) is 2.17. The molecule has 5 nitrogen and oxygen atoms in total. The maximum Gasteiger partial charge on any atom is 0.274 e. The Bertz CT molecular complexity index is 378. The van der Waals surface area contributed by atoms with Crippen LogP contribution in [0.3, 0.4) is 0 Å². The van der Waals surface area contributed by atoms with E-state index in [0.717, 1.165) is 5.75 Å². The van der Waals surface area contributed by atoms with Crippen LogP contribution in [0.1, 0.15) is 6.42 Å². The Labute approximate surface area is 89.4 Å². The van der Waals surface area contributed by atoms with Crippen molar-refractivity contribution in [2.75, 3.05) is 13.2 Å². The summed E-state index contributed by atoms with van der Waals surface area (Å²) in [5.41, 5.74) is 0. The third-order valence-electron chi connectivity index (χ3n) is 1.64. The largest absolute Gasteiger partial charge is 0.494 e. The first-order valence-corrected chi connectivity index (χ1v) is 6.08. The van der Waals surface area contributed by atoms with Crippen LogP contribution in [-0.2, 0) is 10.2 Å². The molecule has 3 N–H and O–H groups in total. The molecule has 1 aromatic carbocycles. The molecule has 0 atom stereocenters. The maximum absolute atomic E-state index is 10.5. The minimum absolute atomic E-state index is 0.283. The van der Waals surface area contributed by atoms with Crippen molar-refractivity contribution in [2.24, 2.45) is 5.14 Å². The lowest BCUT2D eigenvalue weighted by atomic mass is 10.3. The average molecular weight is 230 g/mol. The lowest BCUT2D eigenvalue weighted by Crippen LogP contribution is -2.32. The van der Waals surface area contributed by atoms with Gasteiger partial charge in [-0.15, -0.1) is 0 Å². The van der Waals surface area contributed by atoms with Gasteiger partial charge in [-0.25, -0.2) is 9.86 Å². The molecule has 0 spiro atoms. The van der Waals surface area contributed by atoms with Gasteiger partial charge in [0.2, 0.25) is 0 Å². The van der Waals surface area contributed by atoms with E-state index in [1.54, 1.807) is 0 Å². The van der Waals surface area contributed by atoms with Crippen LogP contribution in [0.2, 0.25) is 0 Å². The molecule has 1 rings (SSSR count). The Kier molecular flexibility index (Phi) is 4.54. The van der Waals surface area contributed by atoms with Crippen LogP contribution in [0.15, 0.2) is 30.3 Å². The van der Waals surface area contributed by atoms with Gasteiger partial charge in [-0.2, -0.15) is 8.42 Å². The number of benzene rings is 1. The highest BCUT2D eigenvalue weighted by Gasteiger charge is 1.99. The summed E-state index contributed by atoms with van der Waals surface area (Å²) in [5.74, 6) is 0.771. The van der Waals surface area contributed by atoms with Crippen molar-refractivity contribution in [1.29, 1.82) is 0 Å². The molecule has 0 fully saturated rings. The zero-order valence-electron chi connectivity index (χ0n) is 8.22. The van der Waals surface area contributed by atoms with Crippen LogP contribution in [0.4, 0.5) is 0 Å². The topological polar surface area (TPSA) is 81.4 Å². The van der Waals surface area contributed by atoms with Crippen molar-refractivity contribution in [3.63, 3.8) is 0 Å². The standard InChI is InChI=1S/C9H14N2O3S/c10-15(12,13)11-7-4-8-14-9-5-2-1-3-6-9/h1-3,5-6,11H,4,7-8H2,(H2,10,12,13).